The first-order chi connectivity index (χ1) is 9.02. The average molecular weight is 263 g/mol. The van der Waals surface area contributed by atoms with Crippen LogP contribution in [0.25, 0.3) is 0 Å². The fourth-order valence-electron chi connectivity index (χ4n) is 2.66. The van der Waals surface area contributed by atoms with Crippen molar-refractivity contribution in [3.63, 3.8) is 0 Å². The number of benzene rings is 1. The molecule has 1 saturated heterocycles. The molecule has 106 valence electrons. The van der Waals surface area contributed by atoms with Gasteiger partial charge in [-0.3, -0.25) is 0 Å². The van der Waals surface area contributed by atoms with E-state index in [0.717, 1.165) is 25.1 Å². The maximum atomic E-state index is 6.00. The quantitative estimate of drug-likeness (QED) is 0.884. The van der Waals surface area contributed by atoms with Gasteiger partial charge in [0.1, 0.15) is 5.75 Å². The van der Waals surface area contributed by atoms with Gasteiger partial charge in [0.2, 0.25) is 0 Å². The maximum absolute atomic E-state index is 6.00. The molecule has 0 spiro atoms. The smallest absolute Gasteiger partial charge is 0.123 e. The van der Waals surface area contributed by atoms with Gasteiger partial charge in [-0.1, -0.05) is 18.2 Å². The summed E-state index contributed by atoms with van der Waals surface area (Å²) < 4.78 is 11.4. The third kappa shape index (κ3) is 3.71. The Morgan fingerprint density at radius 2 is 2.16 bits per heavy atom. The van der Waals surface area contributed by atoms with Crippen molar-refractivity contribution < 1.29 is 9.47 Å². The fraction of sp³-hybridized carbons (Fsp3) is 0.625. The lowest BCUT2D eigenvalue weighted by atomic mass is 10.0. The van der Waals surface area contributed by atoms with Gasteiger partial charge in [0.05, 0.1) is 18.8 Å². The molecule has 0 bridgehead atoms. The molecule has 0 amide bonds. The first-order valence-electron chi connectivity index (χ1n) is 7.06. The van der Waals surface area contributed by atoms with Crippen LogP contribution in [0.1, 0.15) is 45.2 Å². The molecule has 3 nitrogen and oxygen atoms in total. The molecular weight excluding hydrogens is 238 g/mol. The lowest BCUT2D eigenvalue weighted by molar-refractivity contribution is -0.0150. The molecule has 0 aliphatic carbocycles. The van der Waals surface area contributed by atoms with Crippen molar-refractivity contribution in [3.8, 4) is 5.75 Å². The van der Waals surface area contributed by atoms with E-state index in [4.69, 9.17) is 9.47 Å². The Hall–Kier alpha value is -1.06. The van der Waals surface area contributed by atoms with E-state index in [1.807, 2.05) is 18.2 Å². The van der Waals surface area contributed by atoms with Crippen LogP contribution in [0.2, 0.25) is 0 Å². The molecule has 1 aliphatic heterocycles. The lowest BCUT2D eigenvalue weighted by Crippen LogP contribution is -2.31. The van der Waals surface area contributed by atoms with E-state index in [2.05, 4.69) is 32.2 Å². The van der Waals surface area contributed by atoms with Gasteiger partial charge >= 0.3 is 0 Å². The molecule has 1 fully saturated rings. The number of rotatable bonds is 5. The summed E-state index contributed by atoms with van der Waals surface area (Å²) in [6.07, 6.45) is 2.60. The van der Waals surface area contributed by atoms with Crippen molar-refractivity contribution in [2.45, 2.75) is 51.4 Å². The number of nitrogens with one attached hydrogen (secondary N) is 1. The van der Waals surface area contributed by atoms with E-state index in [0.29, 0.717) is 6.10 Å². The summed E-state index contributed by atoms with van der Waals surface area (Å²) in [6.45, 7) is 7.38. The minimum absolute atomic E-state index is 0.0417. The van der Waals surface area contributed by atoms with Crippen molar-refractivity contribution in [2.75, 3.05) is 13.7 Å². The van der Waals surface area contributed by atoms with E-state index >= 15 is 0 Å². The summed E-state index contributed by atoms with van der Waals surface area (Å²) in [4.78, 5) is 0. The van der Waals surface area contributed by atoms with E-state index in [9.17, 15) is 0 Å². The lowest BCUT2D eigenvalue weighted by Gasteiger charge is -2.22. The second-order valence-corrected chi connectivity index (χ2v) is 5.91. The Kier molecular flexibility index (Phi) is 4.48. The summed E-state index contributed by atoms with van der Waals surface area (Å²) in [5, 5.41) is 3.55. The highest BCUT2D eigenvalue weighted by atomic mass is 16.5. The Labute approximate surface area is 116 Å². The van der Waals surface area contributed by atoms with E-state index < -0.39 is 0 Å². The highest BCUT2D eigenvalue weighted by molar-refractivity contribution is 5.35. The summed E-state index contributed by atoms with van der Waals surface area (Å²) in [5.74, 6) is 0.940. The van der Waals surface area contributed by atoms with Gasteiger partial charge in [0.25, 0.3) is 0 Å². The standard InChI is InChI=1S/C16H25NO2/c1-12(14-7-5-6-8-15(14)18-4)17-11-13-9-10-16(2,3)19-13/h5-8,12-13,17H,9-11H2,1-4H3/t12-,13?/m1/s1. The molecule has 0 radical (unpaired) electrons. The van der Waals surface area contributed by atoms with E-state index in [1.165, 1.54) is 5.56 Å². The Morgan fingerprint density at radius 1 is 1.42 bits per heavy atom. The number of hydrogen-bond acceptors (Lipinski definition) is 3. The maximum Gasteiger partial charge on any atom is 0.123 e. The summed E-state index contributed by atoms with van der Waals surface area (Å²) >= 11 is 0. The van der Waals surface area contributed by atoms with Crippen LogP contribution in [0.5, 0.6) is 5.75 Å². The number of methoxy groups -OCH3 is 1. The molecule has 1 aromatic rings. The Bertz CT molecular complexity index is 417. The molecule has 3 heteroatoms. The summed E-state index contributed by atoms with van der Waals surface area (Å²) in [7, 11) is 1.72. The summed E-state index contributed by atoms with van der Waals surface area (Å²) in [5.41, 5.74) is 1.24. The fourth-order valence-corrected chi connectivity index (χ4v) is 2.66. The van der Waals surface area contributed by atoms with Crippen LogP contribution in [-0.2, 0) is 4.74 Å². The first kappa shape index (κ1) is 14.4. The van der Waals surface area contributed by atoms with Gasteiger partial charge in [0, 0.05) is 18.2 Å². The second kappa shape index (κ2) is 5.93. The molecule has 2 atom stereocenters. The predicted molar refractivity (Wildman–Crippen MR) is 77.6 cm³/mol. The zero-order valence-corrected chi connectivity index (χ0v) is 12.4. The van der Waals surface area contributed by atoms with Gasteiger partial charge in [-0.25, -0.2) is 0 Å². The van der Waals surface area contributed by atoms with Crippen molar-refractivity contribution in [3.05, 3.63) is 29.8 Å². The molecule has 1 N–H and O–H groups in total. The zero-order valence-electron chi connectivity index (χ0n) is 12.4. The molecule has 1 aliphatic rings. The molecule has 1 aromatic carbocycles. The van der Waals surface area contributed by atoms with Crippen molar-refractivity contribution in [1.82, 2.24) is 5.32 Å². The van der Waals surface area contributed by atoms with Crippen LogP contribution < -0.4 is 10.1 Å². The minimum atomic E-state index is 0.0417. The molecular formula is C16H25NO2. The average Bonchev–Trinajstić information content (AvgIpc) is 2.75. The van der Waals surface area contributed by atoms with Gasteiger partial charge < -0.3 is 14.8 Å². The SMILES string of the molecule is COc1ccccc1[C@@H](C)NCC1CCC(C)(C)O1. The van der Waals surface area contributed by atoms with Crippen molar-refractivity contribution in [1.29, 1.82) is 0 Å². The summed E-state index contributed by atoms with van der Waals surface area (Å²) in [6, 6.07) is 8.42. The zero-order chi connectivity index (χ0) is 13.9. The molecule has 1 unspecified atom stereocenters. The molecule has 19 heavy (non-hydrogen) atoms. The molecule has 2 rings (SSSR count). The third-order valence-corrected chi connectivity index (χ3v) is 3.81. The van der Waals surface area contributed by atoms with Crippen LogP contribution >= 0.6 is 0 Å². The second-order valence-electron chi connectivity index (χ2n) is 5.91. The number of hydrogen-bond donors (Lipinski definition) is 1. The van der Waals surface area contributed by atoms with E-state index in [-0.39, 0.29) is 11.6 Å². The van der Waals surface area contributed by atoms with Crippen LogP contribution in [0, 0.1) is 0 Å². The first-order valence-corrected chi connectivity index (χ1v) is 7.06. The van der Waals surface area contributed by atoms with Crippen LogP contribution in [0.15, 0.2) is 24.3 Å². The highest BCUT2D eigenvalue weighted by Gasteiger charge is 2.31. The Morgan fingerprint density at radius 3 is 2.79 bits per heavy atom. The normalized spacial score (nSPS) is 23.3. The predicted octanol–water partition coefficient (Wildman–Crippen LogP) is 3.30. The molecule has 1 heterocycles. The Balaban J connectivity index is 1.89. The number of ether oxygens (including phenoxy) is 2. The largest absolute Gasteiger partial charge is 0.496 e. The highest BCUT2D eigenvalue weighted by Crippen LogP contribution is 2.30. The van der Waals surface area contributed by atoms with Gasteiger partial charge in [-0.05, 0) is 39.7 Å². The minimum Gasteiger partial charge on any atom is -0.496 e. The van der Waals surface area contributed by atoms with Crippen molar-refractivity contribution in [2.24, 2.45) is 0 Å². The van der Waals surface area contributed by atoms with Gasteiger partial charge in [-0.2, -0.15) is 0 Å². The molecule has 0 saturated carbocycles. The van der Waals surface area contributed by atoms with Crippen LogP contribution in [-0.4, -0.2) is 25.4 Å². The van der Waals surface area contributed by atoms with Crippen LogP contribution in [0.4, 0.5) is 0 Å². The molecule has 0 aromatic heterocycles. The topological polar surface area (TPSA) is 30.5 Å². The van der Waals surface area contributed by atoms with Gasteiger partial charge in [-0.15, -0.1) is 0 Å². The third-order valence-electron chi connectivity index (χ3n) is 3.81. The van der Waals surface area contributed by atoms with Crippen LogP contribution in [0.3, 0.4) is 0 Å². The monoisotopic (exact) mass is 263 g/mol. The number of para-hydroxylation sites is 1. The van der Waals surface area contributed by atoms with Gasteiger partial charge in [0.15, 0.2) is 0 Å². The van der Waals surface area contributed by atoms with Crippen molar-refractivity contribution >= 4 is 0 Å². The van der Waals surface area contributed by atoms with E-state index in [1.54, 1.807) is 7.11 Å².